The zero-order chi connectivity index (χ0) is 19.0. The topological polar surface area (TPSA) is 127 Å². The second-order valence-electron chi connectivity index (χ2n) is 5.75. The summed E-state index contributed by atoms with van der Waals surface area (Å²) < 4.78 is 0. The van der Waals surface area contributed by atoms with Crippen LogP contribution >= 0.6 is 11.8 Å². The summed E-state index contributed by atoms with van der Waals surface area (Å²) in [6, 6.07) is 7.68. The summed E-state index contributed by atoms with van der Waals surface area (Å²) in [6.45, 7) is 0. The summed E-state index contributed by atoms with van der Waals surface area (Å²) in [6.07, 6.45) is 5.90. The maximum atomic E-state index is 11.5. The normalized spacial score (nSPS) is 12.8. The fourth-order valence-corrected chi connectivity index (χ4v) is 3.24. The highest BCUT2D eigenvalue weighted by atomic mass is 32.2. The molecule has 0 atom stereocenters. The molecule has 7 heteroatoms. The molecule has 0 saturated heterocycles. The number of benzene rings is 2. The lowest BCUT2D eigenvalue weighted by molar-refractivity contribution is 0.0687. The fourth-order valence-electron chi connectivity index (χ4n) is 2.76. The second-order valence-corrected chi connectivity index (χ2v) is 6.63. The Labute approximate surface area is 153 Å². The number of nitrogen functional groups attached to an aromatic ring is 2. The number of anilines is 2. The van der Waals surface area contributed by atoms with E-state index >= 15 is 0 Å². The highest BCUT2D eigenvalue weighted by Crippen LogP contribution is 2.40. The van der Waals surface area contributed by atoms with Crippen molar-refractivity contribution in [1.29, 1.82) is 0 Å². The number of rotatable bonds is 5. The van der Waals surface area contributed by atoms with Crippen LogP contribution < -0.4 is 11.5 Å². The van der Waals surface area contributed by atoms with E-state index in [2.05, 4.69) is 0 Å². The van der Waals surface area contributed by atoms with Gasteiger partial charge in [0.1, 0.15) is 0 Å². The average molecular weight is 368 g/mol. The third-order valence-corrected chi connectivity index (χ3v) is 4.86. The average Bonchev–Trinajstić information content (AvgIpc) is 2.54. The number of carboxylic acids is 2. The van der Waals surface area contributed by atoms with Crippen LogP contribution in [0, 0.1) is 0 Å². The van der Waals surface area contributed by atoms with Crippen LogP contribution in [0.2, 0.25) is 0 Å². The van der Waals surface area contributed by atoms with Crippen LogP contribution in [-0.2, 0) is 0 Å². The molecule has 1 aliphatic rings. The first kappa shape index (κ1) is 17.6. The van der Waals surface area contributed by atoms with E-state index in [9.17, 15) is 19.8 Å². The monoisotopic (exact) mass is 368 g/mol. The lowest BCUT2D eigenvalue weighted by Crippen LogP contribution is -2.06. The van der Waals surface area contributed by atoms with Crippen molar-refractivity contribution in [2.24, 2.45) is 0 Å². The molecule has 132 valence electrons. The van der Waals surface area contributed by atoms with Crippen molar-refractivity contribution in [3.63, 3.8) is 0 Å². The van der Waals surface area contributed by atoms with Crippen molar-refractivity contribution in [3.8, 4) is 11.1 Å². The van der Waals surface area contributed by atoms with Gasteiger partial charge in [0.2, 0.25) is 0 Å². The molecule has 0 saturated carbocycles. The fraction of sp³-hybridized carbons (Fsp3) is 0.0526. The van der Waals surface area contributed by atoms with Gasteiger partial charge in [-0.3, -0.25) is 0 Å². The van der Waals surface area contributed by atoms with Crippen LogP contribution in [0.15, 0.2) is 47.4 Å². The van der Waals surface area contributed by atoms with Crippen LogP contribution in [0.4, 0.5) is 11.4 Å². The van der Waals surface area contributed by atoms with Crippen molar-refractivity contribution in [2.45, 2.75) is 0 Å². The predicted octanol–water partition coefficient (Wildman–Crippen LogP) is 3.56. The Morgan fingerprint density at radius 1 is 0.885 bits per heavy atom. The number of carbonyl (C=O) groups is 2. The molecule has 0 fully saturated rings. The second kappa shape index (κ2) is 6.61. The predicted molar refractivity (Wildman–Crippen MR) is 104 cm³/mol. The molecule has 0 amide bonds. The van der Waals surface area contributed by atoms with Gasteiger partial charge in [0.15, 0.2) is 0 Å². The van der Waals surface area contributed by atoms with E-state index in [1.54, 1.807) is 23.9 Å². The molecule has 0 heterocycles. The number of nitrogens with two attached hydrogens (primary N) is 2. The number of allylic oxidation sites excluding steroid dienone is 3. The van der Waals surface area contributed by atoms with Gasteiger partial charge >= 0.3 is 11.9 Å². The van der Waals surface area contributed by atoms with Gasteiger partial charge in [0, 0.05) is 16.3 Å². The lowest BCUT2D eigenvalue weighted by Gasteiger charge is -2.19. The molecule has 1 aliphatic carbocycles. The van der Waals surface area contributed by atoms with E-state index in [1.807, 2.05) is 18.4 Å². The summed E-state index contributed by atoms with van der Waals surface area (Å²) in [7, 11) is 0. The summed E-state index contributed by atoms with van der Waals surface area (Å²) >= 11 is 1.60. The van der Waals surface area contributed by atoms with E-state index in [-0.39, 0.29) is 22.5 Å². The standard InChI is InChI=1S/C19H16N2O4S/c1-26-11-4-10(5-11)13-8-17(21)15(19(24)25)7-12(13)9-2-3-16(20)14(6-9)18(22)23/h2-8H,20-21H2,1H3,(H,22,23)(H,24,25). The van der Waals surface area contributed by atoms with E-state index in [1.165, 1.54) is 18.2 Å². The number of hydrogen-bond acceptors (Lipinski definition) is 5. The molecule has 26 heavy (non-hydrogen) atoms. The largest absolute Gasteiger partial charge is 0.478 e. The van der Waals surface area contributed by atoms with E-state index in [0.717, 1.165) is 16.0 Å². The Morgan fingerprint density at radius 3 is 2.08 bits per heavy atom. The zero-order valence-electron chi connectivity index (χ0n) is 13.8. The molecule has 0 aliphatic heterocycles. The molecular weight excluding hydrogens is 352 g/mol. The van der Waals surface area contributed by atoms with Crippen LogP contribution in [0.3, 0.4) is 0 Å². The Morgan fingerprint density at radius 2 is 1.50 bits per heavy atom. The molecule has 2 aromatic rings. The maximum Gasteiger partial charge on any atom is 0.337 e. The molecule has 6 nitrogen and oxygen atoms in total. The van der Waals surface area contributed by atoms with E-state index in [0.29, 0.717) is 11.1 Å². The minimum absolute atomic E-state index is 0.0357. The quantitative estimate of drug-likeness (QED) is 0.594. The van der Waals surface area contributed by atoms with Gasteiger partial charge in [-0.25, -0.2) is 9.59 Å². The third kappa shape index (κ3) is 3.04. The number of thioether (sulfide) groups is 1. The Kier molecular flexibility index (Phi) is 4.48. The SMILES string of the molecule is CSC1=CC(c2cc(N)c(C(=O)O)cc2-c2ccc(N)c(C(=O)O)c2)=C1. The number of carboxylic acid groups (broad SMARTS) is 2. The van der Waals surface area contributed by atoms with Crippen LogP contribution in [0.25, 0.3) is 16.7 Å². The maximum absolute atomic E-state index is 11.5. The highest BCUT2D eigenvalue weighted by molar-refractivity contribution is 8.02. The zero-order valence-corrected chi connectivity index (χ0v) is 14.6. The Bertz CT molecular complexity index is 1010. The number of aromatic carboxylic acids is 2. The molecule has 0 aromatic heterocycles. The number of hydrogen-bond donors (Lipinski definition) is 4. The first-order chi connectivity index (χ1) is 12.3. The van der Waals surface area contributed by atoms with Gasteiger partial charge in [-0.15, -0.1) is 11.8 Å². The highest BCUT2D eigenvalue weighted by Gasteiger charge is 2.20. The van der Waals surface area contributed by atoms with Crippen LogP contribution in [-0.4, -0.2) is 28.4 Å². The van der Waals surface area contributed by atoms with E-state index in [4.69, 9.17) is 11.5 Å². The van der Waals surface area contributed by atoms with Gasteiger partial charge < -0.3 is 21.7 Å². The third-order valence-electron chi connectivity index (χ3n) is 4.16. The smallest absolute Gasteiger partial charge is 0.337 e. The Balaban J connectivity index is 2.22. The molecule has 0 radical (unpaired) electrons. The van der Waals surface area contributed by atoms with Crippen LogP contribution in [0.1, 0.15) is 26.3 Å². The van der Waals surface area contributed by atoms with E-state index < -0.39 is 11.9 Å². The van der Waals surface area contributed by atoms with Crippen molar-refractivity contribution in [3.05, 3.63) is 64.1 Å². The lowest BCUT2D eigenvalue weighted by atomic mass is 9.88. The van der Waals surface area contributed by atoms with Gasteiger partial charge in [0.05, 0.1) is 11.1 Å². The van der Waals surface area contributed by atoms with Gasteiger partial charge in [-0.2, -0.15) is 0 Å². The molecule has 2 aromatic carbocycles. The molecule has 0 bridgehead atoms. The summed E-state index contributed by atoms with van der Waals surface area (Å²) in [5.74, 6) is -2.29. The van der Waals surface area contributed by atoms with Gasteiger partial charge in [-0.1, -0.05) is 6.07 Å². The van der Waals surface area contributed by atoms with Crippen molar-refractivity contribution in [2.75, 3.05) is 17.7 Å². The molecule has 0 unspecified atom stereocenters. The summed E-state index contributed by atoms with van der Waals surface area (Å²) in [4.78, 5) is 24.0. The minimum atomic E-state index is -1.15. The van der Waals surface area contributed by atoms with Crippen LogP contribution in [0.5, 0.6) is 0 Å². The van der Waals surface area contributed by atoms with Gasteiger partial charge in [0.25, 0.3) is 0 Å². The van der Waals surface area contributed by atoms with Crippen molar-refractivity contribution in [1.82, 2.24) is 0 Å². The van der Waals surface area contributed by atoms with Gasteiger partial charge in [-0.05, 0) is 64.9 Å². The minimum Gasteiger partial charge on any atom is -0.478 e. The van der Waals surface area contributed by atoms with Crippen molar-refractivity contribution >= 4 is 40.6 Å². The summed E-state index contributed by atoms with van der Waals surface area (Å²) in [5, 5.41) is 18.7. The molecule has 0 spiro atoms. The first-order valence-corrected chi connectivity index (χ1v) is 8.82. The molecule has 6 N–H and O–H groups in total. The Hall–Kier alpha value is -3.19. The first-order valence-electron chi connectivity index (χ1n) is 7.59. The van der Waals surface area contributed by atoms with Crippen molar-refractivity contribution < 1.29 is 19.8 Å². The molecular formula is C19H16N2O4S. The molecule has 3 rings (SSSR count). The summed E-state index contributed by atoms with van der Waals surface area (Å²) in [5.41, 5.74) is 14.6.